The Balaban J connectivity index is 1.24. The summed E-state index contributed by atoms with van der Waals surface area (Å²) in [6.45, 7) is 7.17. The molecule has 7 unspecified atom stereocenters. The Kier molecular flexibility index (Phi) is 10.2. The number of fused-ring (bicyclic) bond motifs is 5. The van der Waals surface area contributed by atoms with Crippen molar-refractivity contribution in [1.29, 1.82) is 0 Å². The van der Waals surface area contributed by atoms with Gasteiger partial charge in [0.05, 0.1) is 6.10 Å². The summed E-state index contributed by atoms with van der Waals surface area (Å²) < 4.78 is 0. The molecule has 0 aliphatic heterocycles. The number of rotatable bonds is 14. The van der Waals surface area contributed by atoms with Crippen LogP contribution in [-0.2, 0) is 6.42 Å². The Morgan fingerprint density at radius 3 is 2.36 bits per heavy atom. The maximum Gasteiger partial charge on any atom is 0.115 e. The Hall–Kier alpha value is -1.02. The molecule has 0 amide bonds. The topological polar surface area (TPSA) is 40.5 Å². The summed E-state index contributed by atoms with van der Waals surface area (Å²) in [5.41, 5.74) is 3.04. The van der Waals surface area contributed by atoms with Gasteiger partial charge in [-0.1, -0.05) is 104 Å². The first kappa shape index (κ1) is 28.0. The van der Waals surface area contributed by atoms with Crippen LogP contribution in [0.3, 0.4) is 0 Å². The van der Waals surface area contributed by atoms with E-state index in [1.807, 2.05) is 12.1 Å². The molecule has 1 aromatic rings. The second kappa shape index (κ2) is 13.2. The van der Waals surface area contributed by atoms with Gasteiger partial charge in [0, 0.05) is 0 Å². The lowest BCUT2D eigenvalue weighted by Gasteiger charge is -2.54. The van der Waals surface area contributed by atoms with Crippen LogP contribution >= 0.6 is 0 Å². The van der Waals surface area contributed by atoms with Crippen molar-refractivity contribution in [3.8, 4) is 5.75 Å². The Morgan fingerprint density at radius 2 is 1.61 bits per heavy atom. The van der Waals surface area contributed by atoms with Gasteiger partial charge in [-0.15, -0.1) is 0 Å². The lowest BCUT2D eigenvalue weighted by Crippen LogP contribution is -2.47. The second-order valence-corrected chi connectivity index (χ2v) is 13.4. The number of benzene rings is 1. The summed E-state index contributed by atoms with van der Waals surface area (Å²) >= 11 is 0. The highest BCUT2D eigenvalue weighted by atomic mass is 16.3. The van der Waals surface area contributed by atoms with Gasteiger partial charge in [-0.05, 0) is 96.8 Å². The first-order valence-corrected chi connectivity index (χ1v) is 15.9. The molecule has 2 heteroatoms. The number of hydrogen-bond donors (Lipinski definition) is 2. The molecule has 4 rings (SSSR count). The van der Waals surface area contributed by atoms with Crippen molar-refractivity contribution in [1.82, 2.24) is 0 Å². The minimum Gasteiger partial charge on any atom is -0.508 e. The van der Waals surface area contributed by atoms with Gasteiger partial charge in [0.2, 0.25) is 0 Å². The molecule has 0 aromatic heterocycles. The first-order chi connectivity index (χ1) is 17.4. The molecule has 1 aromatic carbocycles. The molecular weight excluding hydrogens is 440 g/mol. The average molecular weight is 497 g/mol. The van der Waals surface area contributed by atoms with E-state index in [4.69, 9.17) is 0 Å². The summed E-state index contributed by atoms with van der Waals surface area (Å²) in [5, 5.41) is 21.1. The molecule has 7 atom stereocenters. The smallest absolute Gasteiger partial charge is 0.115 e. The van der Waals surface area contributed by atoms with Crippen LogP contribution in [-0.4, -0.2) is 16.3 Å². The highest BCUT2D eigenvalue weighted by Gasteiger charge is 2.57. The van der Waals surface area contributed by atoms with Crippen molar-refractivity contribution < 1.29 is 10.2 Å². The molecular formula is C34H56O2. The fourth-order valence-corrected chi connectivity index (χ4v) is 8.80. The molecule has 2 N–H and O–H groups in total. The van der Waals surface area contributed by atoms with E-state index < -0.39 is 0 Å². The maximum absolute atomic E-state index is 11.0. The van der Waals surface area contributed by atoms with Crippen LogP contribution in [0.15, 0.2) is 18.2 Å². The third kappa shape index (κ3) is 6.51. The van der Waals surface area contributed by atoms with Crippen LogP contribution in [0.5, 0.6) is 5.75 Å². The van der Waals surface area contributed by atoms with Crippen LogP contribution in [0.25, 0.3) is 0 Å². The Bertz CT molecular complexity index is 802. The van der Waals surface area contributed by atoms with Gasteiger partial charge < -0.3 is 10.2 Å². The predicted octanol–water partition coefficient (Wildman–Crippen LogP) is 9.56. The molecule has 2 nitrogen and oxygen atoms in total. The highest BCUT2D eigenvalue weighted by molar-refractivity contribution is 5.40. The van der Waals surface area contributed by atoms with Crippen molar-refractivity contribution in [3.63, 3.8) is 0 Å². The normalized spacial score (nSPS) is 32.1. The molecule has 2 saturated carbocycles. The van der Waals surface area contributed by atoms with E-state index in [0.29, 0.717) is 29.4 Å². The SMILES string of the molecule is CCCCCCC(C)CCCCCCCCC1CC2(C)C(O)CCC2C2CCc3cc(O)ccc3C12. The lowest BCUT2D eigenvalue weighted by atomic mass is 9.51. The number of aromatic hydroxyl groups is 1. The summed E-state index contributed by atoms with van der Waals surface area (Å²) in [4.78, 5) is 0. The maximum atomic E-state index is 11.0. The molecule has 0 heterocycles. The summed E-state index contributed by atoms with van der Waals surface area (Å²) in [7, 11) is 0. The third-order valence-electron chi connectivity index (χ3n) is 10.9. The number of unbranched alkanes of at least 4 members (excludes halogenated alkanes) is 8. The molecule has 204 valence electrons. The van der Waals surface area contributed by atoms with E-state index >= 15 is 0 Å². The molecule has 0 radical (unpaired) electrons. The summed E-state index contributed by atoms with van der Waals surface area (Å²) in [5.74, 6) is 4.04. The van der Waals surface area contributed by atoms with Crippen molar-refractivity contribution in [3.05, 3.63) is 29.3 Å². The lowest BCUT2D eigenvalue weighted by molar-refractivity contribution is -0.0501. The van der Waals surface area contributed by atoms with Crippen molar-refractivity contribution >= 4 is 0 Å². The van der Waals surface area contributed by atoms with Crippen molar-refractivity contribution in [2.45, 2.75) is 148 Å². The van der Waals surface area contributed by atoms with Gasteiger partial charge in [0.15, 0.2) is 0 Å². The number of phenolic OH excluding ortho intramolecular Hbond substituents is 1. The van der Waals surface area contributed by atoms with E-state index in [0.717, 1.165) is 18.8 Å². The molecule has 3 aliphatic carbocycles. The molecule has 2 fully saturated rings. The first-order valence-electron chi connectivity index (χ1n) is 15.9. The quantitative estimate of drug-likeness (QED) is 0.252. The zero-order chi connectivity index (χ0) is 25.5. The predicted molar refractivity (Wildman–Crippen MR) is 152 cm³/mol. The average Bonchev–Trinajstić information content (AvgIpc) is 3.16. The molecule has 3 aliphatic rings. The molecule has 0 bridgehead atoms. The Morgan fingerprint density at radius 1 is 0.917 bits per heavy atom. The van der Waals surface area contributed by atoms with Gasteiger partial charge in [-0.3, -0.25) is 0 Å². The summed E-state index contributed by atoms with van der Waals surface area (Å²) in [6, 6.07) is 6.20. The van der Waals surface area contributed by atoms with Crippen LogP contribution < -0.4 is 0 Å². The Labute approximate surface area is 222 Å². The standard InChI is InChI=1S/C34H56O2/c1-4-5-6-11-14-25(2)15-12-9-7-8-10-13-16-27-24-34(3)31(21-22-32(34)36)30-19-17-26-23-28(35)18-20-29(26)33(27)30/h18,20,23,25,27,30-33,35-36H,4-17,19,21-22,24H2,1-3H3. The number of hydrogen-bond acceptors (Lipinski definition) is 2. The minimum absolute atomic E-state index is 0.110. The zero-order valence-corrected chi connectivity index (χ0v) is 23.8. The zero-order valence-electron chi connectivity index (χ0n) is 23.8. The summed E-state index contributed by atoms with van der Waals surface area (Å²) in [6.07, 6.45) is 23.7. The molecule has 0 spiro atoms. The van der Waals surface area contributed by atoms with E-state index in [-0.39, 0.29) is 11.5 Å². The highest BCUT2D eigenvalue weighted by Crippen LogP contribution is 2.63. The van der Waals surface area contributed by atoms with E-state index in [2.05, 4.69) is 26.8 Å². The van der Waals surface area contributed by atoms with Crippen LogP contribution in [0.2, 0.25) is 0 Å². The number of aryl methyl sites for hydroxylation is 1. The molecule has 0 saturated heterocycles. The van der Waals surface area contributed by atoms with Gasteiger partial charge >= 0.3 is 0 Å². The van der Waals surface area contributed by atoms with E-state index in [1.165, 1.54) is 114 Å². The fraction of sp³-hybridized carbons (Fsp3) is 0.824. The number of phenols is 1. The van der Waals surface area contributed by atoms with E-state index in [1.54, 1.807) is 0 Å². The minimum atomic E-state index is -0.110. The van der Waals surface area contributed by atoms with Crippen LogP contribution in [0.4, 0.5) is 0 Å². The monoisotopic (exact) mass is 496 g/mol. The van der Waals surface area contributed by atoms with Gasteiger partial charge in [-0.25, -0.2) is 0 Å². The third-order valence-corrected chi connectivity index (χ3v) is 10.9. The van der Waals surface area contributed by atoms with Crippen LogP contribution in [0, 0.1) is 29.1 Å². The number of aliphatic hydroxyl groups is 1. The molecule has 36 heavy (non-hydrogen) atoms. The van der Waals surface area contributed by atoms with Crippen molar-refractivity contribution in [2.75, 3.05) is 0 Å². The van der Waals surface area contributed by atoms with Gasteiger partial charge in [-0.2, -0.15) is 0 Å². The number of aliphatic hydroxyl groups excluding tert-OH is 1. The van der Waals surface area contributed by atoms with Crippen LogP contribution in [0.1, 0.15) is 147 Å². The fourth-order valence-electron chi connectivity index (χ4n) is 8.80. The largest absolute Gasteiger partial charge is 0.508 e. The second-order valence-electron chi connectivity index (χ2n) is 13.4. The van der Waals surface area contributed by atoms with E-state index in [9.17, 15) is 10.2 Å². The van der Waals surface area contributed by atoms with Gasteiger partial charge in [0.25, 0.3) is 0 Å². The van der Waals surface area contributed by atoms with Crippen molar-refractivity contribution in [2.24, 2.45) is 29.1 Å². The van der Waals surface area contributed by atoms with Gasteiger partial charge in [0.1, 0.15) is 5.75 Å².